The van der Waals surface area contributed by atoms with Gasteiger partial charge in [-0.05, 0) is 96.1 Å². The molecule has 1 aromatic heterocycles. The predicted molar refractivity (Wildman–Crippen MR) is 190 cm³/mol. The van der Waals surface area contributed by atoms with Crippen LogP contribution >= 0.6 is 0 Å². The number of carbonyl (C=O) groups excluding carboxylic acids is 1. The van der Waals surface area contributed by atoms with Crippen molar-refractivity contribution >= 4 is 41.3 Å². The maximum Gasteiger partial charge on any atom is 0.330 e. The number of hydrogen-bond acceptors (Lipinski definition) is 6. The molecule has 1 atom stereocenters. The van der Waals surface area contributed by atoms with Crippen molar-refractivity contribution in [2.24, 2.45) is 0 Å². The molecule has 47 heavy (non-hydrogen) atoms. The van der Waals surface area contributed by atoms with E-state index in [1.165, 1.54) is 13.2 Å². The molecule has 10 heteroatoms. The molecule has 0 aliphatic heterocycles. The molecule has 0 spiro atoms. The van der Waals surface area contributed by atoms with Crippen molar-refractivity contribution in [2.45, 2.75) is 69.1 Å². The Kier molecular flexibility index (Phi) is 10.5. The van der Waals surface area contributed by atoms with E-state index in [9.17, 15) is 13.2 Å². The molecular weight excluding hydrogens is 629 g/mol. The van der Waals surface area contributed by atoms with E-state index in [1.54, 1.807) is 34.6 Å². The first kappa shape index (κ1) is 34.6. The van der Waals surface area contributed by atoms with Gasteiger partial charge < -0.3 is 18.9 Å². The van der Waals surface area contributed by atoms with Gasteiger partial charge in [-0.2, -0.15) is 4.31 Å². The SMILES string of the molecule is COC(=O)/C=C/c1ccc2c(c1)CCC2N(CCc1c[nH]c2ccccc12)S(=O)(=O)c1ccc(OCCO[Si](C)(C)C(C)(C)C)cc1. The van der Waals surface area contributed by atoms with Crippen molar-refractivity contribution in [2.75, 3.05) is 26.9 Å². The number of nitrogens with zero attached hydrogens (tertiary/aromatic N) is 1. The Balaban J connectivity index is 1.37. The van der Waals surface area contributed by atoms with Gasteiger partial charge in [0, 0.05) is 29.7 Å². The van der Waals surface area contributed by atoms with Crippen molar-refractivity contribution in [1.82, 2.24) is 9.29 Å². The highest BCUT2D eigenvalue weighted by atomic mass is 32.2. The second-order valence-corrected chi connectivity index (χ2v) is 20.2. The van der Waals surface area contributed by atoms with Crippen molar-refractivity contribution in [3.8, 4) is 5.75 Å². The van der Waals surface area contributed by atoms with Gasteiger partial charge in [0.25, 0.3) is 0 Å². The highest BCUT2D eigenvalue weighted by Crippen LogP contribution is 2.40. The second-order valence-electron chi connectivity index (χ2n) is 13.5. The summed E-state index contributed by atoms with van der Waals surface area (Å²) in [5.41, 5.74) is 5.04. The largest absolute Gasteiger partial charge is 0.491 e. The number of benzene rings is 3. The lowest BCUT2D eigenvalue weighted by Gasteiger charge is -2.36. The number of rotatable bonds is 13. The van der Waals surface area contributed by atoms with Gasteiger partial charge in [-0.15, -0.1) is 0 Å². The summed E-state index contributed by atoms with van der Waals surface area (Å²) >= 11 is 0. The molecule has 1 N–H and O–H groups in total. The van der Waals surface area contributed by atoms with Crippen LogP contribution in [0.25, 0.3) is 17.0 Å². The molecule has 3 aromatic carbocycles. The van der Waals surface area contributed by atoms with Crippen LogP contribution in [0, 0.1) is 0 Å². The van der Waals surface area contributed by atoms with Crippen molar-refractivity contribution in [1.29, 1.82) is 0 Å². The van der Waals surface area contributed by atoms with Crippen LogP contribution in [0.1, 0.15) is 55.5 Å². The summed E-state index contributed by atoms with van der Waals surface area (Å²) in [6.45, 7) is 12.2. The molecule has 0 fully saturated rings. The minimum absolute atomic E-state index is 0.118. The standard InChI is InChI=1S/C37H46N2O6SSi/c1-37(2,3)47(5,6)45-24-23-44-30-14-16-31(17-15-30)46(41,42)39(22-21-29-26-38-34-10-8-7-9-32(29)34)35-19-13-28-25-27(11-18-33(28)35)12-20-36(40)43-4/h7-12,14-18,20,25-26,35,38H,13,19,21-24H2,1-6H3/b20-12+. The molecule has 1 heterocycles. The number of ether oxygens (including phenoxy) is 2. The van der Waals surface area contributed by atoms with Crippen LogP contribution in [0.15, 0.2) is 83.9 Å². The Morgan fingerprint density at radius 1 is 1.04 bits per heavy atom. The molecule has 1 aliphatic carbocycles. The molecule has 0 radical (unpaired) electrons. The third-order valence-corrected chi connectivity index (χ3v) is 16.0. The van der Waals surface area contributed by atoms with E-state index in [2.05, 4.69) is 44.9 Å². The van der Waals surface area contributed by atoms with E-state index in [0.717, 1.165) is 39.6 Å². The first-order chi connectivity index (χ1) is 22.3. The third kappa shape index (κ3) is 7.89. The summed E-state index contributed by atoms with van der Waals surface area (Å²) in [5, 5.41) is 1.21. The zero-order chi connectivity index (χ0) is 33.8. The number of hydrogen-bond donors (Lipinski definition) is 1. The summed E-state index contributed by atoms with van der Waals surface area (Å²) < 4.78 is 47.3. The average Bonchev–Trinajstić information content (AvgIpc) is 3.65. The molecule has 1 unspecified atom stereocenters. The number of sulfonamides is 1. The molecular formula is C37H46N2O6SSi. The van der Waals surface area contributed by atoms with Gasteiger partial charge in [-0.1, -0.05) is 57.2 Å². The van der Waals surface area contributed by atoms with E-state index in [0.29, 0.717) is 38.3 Å². The van der Waals surface area contributed by atoms with Crippen LogP contribution in [-0.4, -0.2) is 58.9 Å². The molecule has 0 amide bonds. The molecule has 0 saturated carbocycles. The van der Waals surface area contributed by atoms with Gasteiger partial charge in [-0.25, -0.2) is 13.2 Å². The van der Waals surface area contributed by atoms with Crippen LogP contribution in [-0.2, 0) is 36.8 Å². The minimum Gasteiger partial charge on any atom is -0.491 e. The first-order valence-electron chi connectivity index (χ1n) is 16.1. The van der Waals surface area contributed by atoms with Crippen LogP contribution in [0.2, 0.25) is 18.1 Å². The average molecular weight is 675 g/mol. The van der Waals surface area contributed by atoms with Crippen molar-refractivity contribution in [3.63, 3.8) is 0 Å². The Hall–Kier alpha value is -3.70. The quantitative estimate of drug-likeness (QED) is 0.0677. The van der Waals surface area contributed by atoms with Crippen LogP contribution < -0.4 is 4.74 Å². The highest BCUT2D eigenvalue weighted by molar-refractivity contribution is 7.89. The molecule has 8 nitrogen and oxygen atoms in total. The zero-order valence-electron chi connectivity index (χ0n) is 28.2. The number of para-hydroxylation sites is 1. The lowest BCUT2D eigenvalue weighted by atomic mass is 10.0. The number of carbonyl (C=O) groups is 1. The number of aromatic amines is 1. The van der Waals surface area contributed by atoms with E-state index in [4.69, 9.17) is 13.9 Å². The van der Waals surface area contributed by atoms with Crippen LogP contribution in [0.4, 0.5) is 0 Å². The van der Waals surface area contributed by atoms with Gasteiger partial charge in [0.1, 0.15) is 12.4 Å². The van der Waals surface area contributed by atoms with Crippen LogP contribution in [0.5, 0.6) is 5.75 Å². The predicted octanol–water partition coefficient (Wildman–Crippen LogP) is 7.68. The lowest BCUT2D eigenvalue weighted by molar-refractivity contribution is -0.134. The summed E-state index contributed by atoms with van der Waals surface area (Å²) in [5.74, 6) is 0.181. The van der Waals surface area contributed by atoms with E-state index >= 15 is 0 Å². The fourth-order valence-electron chi connectivity index (χ4n) is 5.78. The first-order valence-corrected chi connectivity index (χ1v) is 20.5. The monoisotopic (exact) mass is 674 g/mol. The van der Waals surface area contributed by atoms with E-state index < -0.39 is 24.3 Å². The minimum atomic E-state index is -3.87. The fraction of sp³-hybridized carbons (Fsp3) is 0.378. The van der Waals surface area contributed by atoms with Crippen molar-refractivity contribution in [3.05, 3.63) is 101 Å². The maximum absolute atomic E-state index is 14.4. The highest BCUT2D eigenvalue weighted by Gasteiger charge is 2.38. The molecule has 1 aliphatic rings. The molecule has 5 rings (SSSR count). The van der Waals surface area contributed by atoms with Crippen LogP contribution in [0.3, 0.4) is 0 Å². The van der Waals surface area contributed by atoms with Gasteiger partial charge in [0.2, 0.25) is 10.0 Å². The smallest absolute Gasteiger partial charge is 0.330 e. The second kappa shape index (κ2) is 14.2. The Morgan fingerprint density at radius 2 is 1.79 bits per heavy atom. The lowest BCUT2D eigenvalue weighted by Crippen LogP contribution is -2.41. The molecule has 250 valence electrons. The van der Waals surface area contributed by atoms with Gasteiger partial charge in [0.15, 0.2) is 8.32 Å². The number of esters is 1. The van der Waals surface area contributed by atoms with E-state index in [-0.39, 0.29) is 16.0 Å². The number of nitrogens with one attached hydrogen (secondary N) is 1. The van der Waals surface area contributed by atoms with Gasteiger partial charge >= 0.3 is 5.97 Å². The number of fused-ring (bicyclic) bond motifs is 2. The Bertz CT molecular complexity index is 1840. The van der Waals surface area contributed by atoms with Crippen molar-refractivity contribution < 1.29 is 27.1 Å². The maximum atomic E-state index is 14.4. The van der Waals surface area contributed by atoms with Gasteiger partial charge in [-0.3, -0.25) is 0 Å². The normalized spacial score (nSPS) is 15.4. The Morgan fingerprint density at radius 3 is 2.51 bits per heavy atom. The molecule has 4 aromatic rings. The number of methoxy groups -OCH3 is 1. The topological polar surface area (TPSA) is 97.9 Å². The molecule has 0 bridgehead atoms. The van der Waals surface area contributed by atoms with Gasteiger partial charge in [0.05, 0.1) is 24.7 Å². The zero-order valence-corrected chi connectivity index (χ0v) is 30.0. The summed E-state index contributed by atoms with van der Waals surface area (Å²) in [6.07, 6.45) is 7.04. The summed E-state index contributed by atoms with van der Waals surface area (Å²) in [6, 6.07) is 20.4. The fourth-order valence-corrected chi connectivity index (χ4v) is 8.44. The number of aromatic nitrogens is 1. The number of H-pyrrole nitrogens is 1. The summed E-state index contributed by atoms with van der Waals surface area (Å²) in [7, 11) is -4.40. The Labute approximate surface area is 279 Å². The number of aryl methyl sites for hydroxylation is 1. The summed E-state index contributed by atoms with van der Waals surface area (Å²) in [4.78, 5) is 15.2. The molecule has 0 saturated heterocycles. The van der Waals surface area contributed by atoms with E-state index in [1.807, 2.05) is 42.6 Å². The third-order valence-electron chi connectivity index (χ3n) is 9.50.